The molecule has 1 saturated heterocycles. The summed E-state index contributed by atoms with van der Waals surface area (Å²) in [6.07, 6.45) is 4.23. The molecule has 0 spiro atoms. The second kappa shape index (κ2) is 6.23. The molecule has 110 valence electrons. The summed E-state index contributed by atoms with van der Waals surface area (Å²) in [6, 6.07) is 0.271. The van der Waals surface area contributed by atoms with Gasteiger partial charge in [0.15, 0.2) is 0 Å². The molecule has 1 heterocycles. The Hall–Kier alpha value is -0.610. The Balaban J connectivity index is 1.94. The van der Waals surface area contributed by atoms with Crippen LogP contribution in [0, 0.1) is 11.3 Å². The minimum atomic E-state index is 0.0533. The van der Waals surface area contributed by atoms with Crippen LogP contribution >= 0.6 is 0 Å². The third-order valence-electron chi connectivity index (χ3n) is 5.09. The predicted molar refractivity (Wildman–Crippen MR) is 73.9 cm³/mol. The molecule has 0 radical (unpaired) electrons. The van der Waals surface area contributed by atoms with Crippen molar-refractivity contribution in [3.63, 3.8) is 0 Å². The summed E-state index contributed by atoms with van der Waals surface area (Å²) in [4.78, 5) is 12.2. The smallest absolute Gasteiger partial charge is 0.225 e. The fourth-order valence-electron chi connectivity index (χ4n) is 3.61. The number of hydrogen-bond acceptors (Lipinski definition) is 3. The lowest BCUT2D eigenvalue weighted by atomic mass is 9.58. The van der Waals surface area contributed by atoms with Crippen molar-refractivity contribution >= 4 is 5.91 Å². The molecule has 0 unspecified atom stereocenters. The number of carbonyl (C=O) groups is 1. The molecule has 2 rings (SSSR count). The largest absolute Gasteiger partial charge is 0.381 e. The SMILES string of the molecule is CCO[C@@H]1C[C@H](NC(=O)[C@H]2CCOC2)C1(CC)CC. The highest BCUT2D eigenvalue weighted by Gasteiger charge is 2.54. The van der Waals surface area contributed by atoms with E-state index in [-0.39, 0.29) is 23.3 Å². The van der Waals surface area contributed by atoms with Crippen molar-refractivity contribution in [1.29, 1.82) is 0 Å². The summed E-state index contributed by atoms with van der Waals surface area (Å²) in [5.41, 5.74) is 0.130. The third-order valence-corrected chi connectivity index (χ3v) is 5.09. The standard InChI is InChI=1S/C15H27NO3/c1-4-15(5-2)12(9-13(15)19-6-3)16-14(17)11-7-8-18-10-11/h11-13H,4-10H2,1-3H3,(H,16,17)/t11-,12-,13+/m0/s1. The van der Waals surface area contributed by atoms with Gasteiger partial charge in [-0.2, -0.15) is 0 Å². The van der Waals surface area contributed by atoms with E-state index in [0.717, 1.165) is 38.9 Å². The monoisotopic (exact) mass is 269 g/mol. The Morgan fingerprint density at radius 3 is 2.63 bits per heavy atom. The van der Waals surface area contributed by atoms with Crippen LogP contribution in [0.2, 0.25) is 0 Å². The highest BCUT2D eigenvalue weighted by atomic mass is 16.5. The second-order valence-electron chi connectivity index (χ2n) is 5.74. The Kier molecular flexibility index (Phi) is 4.85. The quantitative estimate of drug-likeness (QED) is 0.803. The first-order chi connectivity index (χ1) is 9.17. The molecule has 0 bridgehead atoms. The predicted octanol–water partition coefficient (Wildman–Crippen LogP) is 2.12. The van der Waals surface area contributed by atoms with Crippen molar-refractivity contribution in [3.8, 4) is 0 Å². The van der Waals surface area contributed by atoms with Crippen LogP contribution in [0.15, 0.2) is 0 Å². The molecule has 1 saturated carbocycles. The van der Waals surface area contributed by atoms with Crippen molar-refractivity contribution in [2.75, 3.05) is 19.8 Å². The minimum Gasteiger partial charge on any atom is -0.381 e. The lowest BCUT2D eigenvalue weighted by Crippen LogP contribution is -2.65. The van der Waals surface area contributed by atoms with Crippen LogP contribution in [-0.2, 0) is 14.3 Å². The molecule has 2 fully saturated rings. The van der Waals surface area contributed by atoms with Crippen molar-refractivity contribution < 1.29 is 14.3 Å². The van der Waals surface area contributed by atoms with Gasteiger partial charge in [-0.05, 0) is 32.6 Å². The molecular formula is C15H27NO3. The van der Waals surface area contributed by atoms with Gasteiger partial charge in [0.05, 0.1) is 18.6 Å². The first-order valence-electron chi connectivity index (χ1n) is 7.67. The average Bonchev–Trinajstić information content (AvgIpc) is 2.93. The third kappa shape index (κ3) is 2.65. The number of nitrogens with one attached hydrogen (secondary N) is 1. The highest BCUT2D eigenvalue weighted by molar-refractivity contribution is 5.79. The van der Waals surface area contributed by atoms with Gasteiger partial charge in [-0.1, -0.05) is 13.8 Å². The first-order valence-corrected chi connectivity index (χ1v) is 7.67. The Labute approximate surface area is 116 Å². The van der Waals surface area contributed by atoms with E-state index < -0.39 is 0 Å². The Morgan fingerprint density at radius 2 is 2.11 bits per heavy atom. The maximum atomic E-state index is 12.2. The van der Waals surface area contributed by atoms with Gasteiger partial charge < -0.3 is 14.8 Å². The van der Waals surface area contributed by atoms with Gasteiger partial charge in [0, 0.05) is 24.7 Å². The number of carbonyl (C=O) groups excluding carboxylic acids is 1. The maximum absolute atomic E-state index is 12.2. The molecule has 1 amide bonds. The maximum Gasteiger partial charge on any atom is 0.225 e. The van der Waals surface area contributed by atoms with Gasteiger partial charge >= 0.3 is 0 Å². The van der Waals surface area contributed by atoms with Gasteiger partial charge in [0.1, 0.15) is 0 Å². The summed E-state index contributed by atoms with van der Waals surface area (Å²) in [6.45, 7) is 8.50. The molecule has 19 heavy (non-hydrogen) atoms. The van der Waals surface area contributed by atoms with E-state index in [4.69, 9.17) is 9.47 Å². The zero-order valence-electron chi connectivity index (χ0n) is 12.4. The topological polar surface area (TPSA) is 47.6 Å². The van der Waals surface area contributed by atoms with Gasteiger partial charge in [-0.3, -0.25) is 4.79 Å². The number of amides is 1. The average molecular weight is 269 g/mol. The molecule has 4 nitrogen and oxygen atoms in total. The van der Waals surface area contributed by atoms with Gasteiger partial charge in [0.25, 0.3) is 0 Å². The molecule has 1 aliphatic heterocycles. The summed E-state index contributed by atoms with van der Waals surface area (Å²) in [7, 11) is 0. The zero-order chi connectivity index (χ0) is 13.9. The van der Waals surface area contributed by atoms with Crippen LogP contribution in [0.3, 0.4) is 0 Å². The summed E-state index contributed by atoms with van der Waals surface area (Å²) >= 11 is 0. The summed E-state index contributed by atoms with van der Waals surface area (Å²) < 4.78 is 11.1. The van der Waals surface area contributed by atoms with Gasteiger partial charge in [-0.25, -0.2) is 0 Å². The van der Waals surface area contributed by atoms with Crippen molar-refractivity contribution in [2.24, 2.45) is 11.3 Å². The van der Waals surface area contributed by atoms with Crippen LogP contribution in [0.4, 0.5) is 0 Å². The van der Waals surface area contributed by atoms with Crippen molar-refractivity contribution in [2.45, 2.75) is 58.6 Å². The number of hydrogen-bond donors (Lipinski definition) is 1. The summed E-state index contributed by atoms with van der Waals surface area (Å²) in [5, 5.41) is 3.24. The number of ether oxygens (including phenoxy) is 2. The fraction of sp³-hybridized carbons (Fsp3) is 0.933. The molecule has 4 heteroatoms. The van der Waals surface area contributed by atoms with Gasteiger partial charge in [0.2, 0.25) is 5.91 Å². The van der Waals surface area contributed by atoms with Crippen LogP contribution in [0.25, 0.3) is 0 Å². The van der Waals surface area contributed by atoms with Crippen molar-refractivity contribution in [3.05, 3.63) is 0 Å². The lowest BCUT2D eigenvalue weighted by Gasteiger charge is -2.55. The fourth-order valence-corrected chi connectivity index (χ4v) is 3.61. The first kappa shape index (κ1) is 14.8. The molecule has 1 aliphatic carbocycles. The lowest BCUT2D eigenvalue weighted by molar-refractivity contribution is -0.150. The molecular weight excluding hydrogens is 242 g/mol. The van der Waals surface area contributed by atoms with E-state index in [2.05, 4.69) is 19.2 Å². The molecule has 3 atom stereocenters. The van der Waals surface area contributed by atoms with Crippen LogP contribution in [0.1, 0.15) is 46.5 Å². The number of rotatable bonds is 6. The molecule has 0 aromatic carbocycles. The van der Waals surface area contributed by atoms with E-state index >= 15 is 0 Å². The molecule has 1 N–H and O–H groups in total. The molecule has 0 aromatic rings. The summed E-state index contributed by atoms with van der Waals surface area (Å²) in [5.74, 6) is 0.223. The second-order valence-corrected chi connectivity index (χ2v) is 5.74. The van der Waals surface area contributed by atoms with E-state index in [0.29, 0.717) is 12.7 Å². The van der Waals surface area contributed by atoms with Crippen molar-refractivity contribution in [1.82, 2.24) is 5.32 Å². The van der Waals surface area contributed by atoms with E-state index in [9.17, 15) is 4.79 Å². The van der Waals surface area contributed by atoms with Crippen LogP contribution in [-0.4, -0.2) is 37.9 Å². The van der Waals surface area contributed by atoms with E-state index in [1.807, 2.05) is 6.92 Å². The van der Waals surface area contributed by atoms with E-state index in [1.165, 1.54) is 0 Å². The van der Waals surface area contributed by atoms with Crippen LogP contribution in [0.5, 0.6) is 0 Å². The van der Waals surface area contributed by atoms with Crippen LogP contribution < -0.4 is 5.32 Å². The van der Waals surface area contributed by atoms with E-state index in [1.54, 1.807) is 0 Å². The van der Waals surface area contributed by atoms with Gasteiger partial charge in [-0.15, -0.1) is 0 Å². The molecule has 2 aliphatic rings. The minimum absolute atomic E-state index is 0.0533. The highest BCUT2D eigenvalue weighted by Crippen LogP contribution is 2.49. The Bertz CT molecular complexity index is 309. The molecule has 0 aromatic heterocycles. The zero-order valence-corrected chi connectivity index (χ0v) is 12.4. The Morgan fingerprint density at radius 1 is 1.37 bits per heavy atom. The normalized spacial score (nSPS) is 32.9.